The Morgan fingerprint density at radius 3 is 2.52 bits per heavy atom. The second kappa shape index (κ2) is 9.17. The number of nitrogens with two attached hydrogens (primary N) is 1. The van der Waals surface area contributed by atoms with Gasteiger partial charge in [-0.2, -0.15) is 23.1 Å². The number of esters is 2. The van der Waals surface area contributed by atoms with E-state index in [1.807, 2.05) is 0 Å². The number of aromatic nitrogens is 4. The molecule has 0 aliphatic carbocycles. The fourth-order valence-electron chi connectivity index (χ4n) is 3.75. The van der Waals surface area contributed by atoms with Crippen LogP contribution in [0.3, 0.4) is 0 Å². The Morgan fingerprint density at radius 2 is 1.97 bits per heavy atom. The van der Waals surface area contributed by atoms with Crippen molar-refractivity contribution >= 4 is 40.7 Å². The molecule has 0 radical (unpaired) electrons. The zero-order chi connectivity index (χ0) is 24.7. The van der Waals surface area contributed by atoms with E-state index in [1.54, 1.807) is 6.92 Å². The summed E-state index contributed by atoms with van der Waals surface area (Å²) in [5.74, 6) is -2.29. The zero-order valence-electron chi connectivity index (χ0n) is 17.8. The molecule has 11 nitrogen and oxygen atoms in total. The first-order valence-electron chi connectivity index (χ1n) is 9.85. The number of carbonyl (C=O) groups is 2. The molecule has 0 aromatic carbocycles. The van der Waals surface area contributed by atoms with Crippen molar-refractivity contribution in [1.82, 2.24) is 19.1 Å². The van der Waals surface area contributed by atoms with Gasteiger partial charge in [0.15, 0.2) is 17.0 Å². The van der Waals surface area contributed by atoms with Crippen LogP contribution in [0.25, 0.3) is 11.2 Å². The highest BCUT2D eigenvalue weighted by atomic mass is 35.5. The number of halogens is 4. The summed E-state index contributed by atoms with van der Waals surface area (Å²) in [6.07, 6.45) is -12.3. The molecule has 0 spiro atoms. The van der Waals surface area contributed by atoms with Crippen LogP contribution in [0.1, 0.15) is 39.8 Å². The third-order valence-corrected chi connectivity index (χ3v) is 5.11. The topological polar surface area (TPSA) is 141 Å². The molecule has 4 atom stereocenters. The molecule has 2 aromatic heterocycles. The average molecular weight is 496 g/mol. The molecule has 15 heteroatoms. The van der Waals surface area contributed by atoms with Crippen molar-refractivity contribution in [2.45, 2.75) is 70.9 Å². The summed E-state index contributed by atoms with van der Waals surface area (Å²) < 4.78 is 58.1. The number of fused-ring (bicyclic) bond motifs is 1. The lowest BCUT2D eigenvalue weighted by atomic mass is 10.1. The predicted molar refractivity (Wildman–Crippen MR) is 107 cm³/mol. The SMILES string of the molecule is CCCn1c(=O)n(C2OC([C@@H](OC(C)=O)C(F)(F)F)CC2OC(C)=O)c2nc(N)nc(Cl)c21. The highest BCUT2D eigenvalue weighted by molar-refractivity contribution is 6.33. The van der Waals surface area contributed by atoms with Crippen molar-refractivity contribution in [3.63, 3.8) is 0 Å². The summed E-state index contributed by atoms with van der Waals surface area (Å²) in [7, 11) is 0. The number of alkyl halides is 3. The van der Waals surface area contributed by atoms with Crippen molar-refractivity contribution < 1.29 is 37.0 Å². The summed E-state index contributed by atoms with van der Waals surface area (Å²) >= 11 is 6.18. The Balaban J connectivity index is 2.17. The van der Waals surface area contributed by atoms with Crippen LogP contribution in [0.5, 0.6) is 0 Å². The van der Waals surface area contributed by atoms with Crippen LogP contribution >= 0.6 is 11.6 Å². The molecule has 3 heterocycles. The van der Waals surface area contributed by atoms with Crippen LogP contribution < -0.4 is 11.4 Å². The number of ether oxygens (including phenoxy) is 3. The van der Waals surface area contributed by atoms with Gasteiger partial charge in [0.05, 0.1) is 0 Å². The van der Waals surface area contributed by atoms with Crippen LogP contribution in [-0.4, -0.2) is 55.5 Å². The number of carbonyl (C=O) groups excluding carboxylic acids is 2. The quantitative estimate of drug-likeness (QED) is 0.470. The normalized spacial score (nSPS) is 21.8. The molecule has 182 valence electrons. The minimum Gasteiger partial charge on any atom is -0.458 e. The maximum Gasteiger partial charge on any atom is 0.428 e. The van der Waals surface area contributed by atoms with Crippen molar-refractivity contribution in [3.05, 3.63) is 15.6 Å². The number of rotatable bonds is 6. The third-order valence-electron chi connectivity index (χ3n) is 4.84. The van der Waals surface area contributed by atoms with Gasteiger partial charge < -0.3 is 19.9 Å². The third kappa shape index (κ3) is 4.90. The van der Waals surface area contributed by atoms with E-state index in [4.69, 9.17) is 26.8 Å². The van der Waals surface area contributed by atoms with Crippen molar-refractivity contribution in [3.8, 4) is 0 Å². The largest absolute Gasteiger partial charge is 0.458 e. The average Bonchev–Trinajstić information content (AvgIpc) is 3.17. The number of anilines is 1. The Bertz CT molecular complexity index is 1130. The number of aryl methyl sites for hydroxylation is 1. The Hall–Kier alpha value is -2.87. The van der Waals surface area contributed by atoms with E-state index in [9.17, 15) is 27.6 Å². The van der Waals surface area contributed by atoms with Gasteiger partial charge in [0, 0.05) is 26.8 Å². The molecule has 1 aliphatic heterocycles. The molecule has 3 unspecified atom stereocenters. The summed E-state index contributed by atoms with van der Waals surface area (Å²) in [6.45, 7) is 3.85. The van der Waals surface area contributed by atoms with E-state index in [1.165, 1.54) is 4.57 Å². The predicted octanol–water partition coefficient (Wildman–Crippen LogP) is 1.95. The van der Waals surface area contributed by atoms with Crippen molar-refractivity contribution in [2.24, 2.45) is 0 Å². The Morgan fingerprint density at radius 1 is 1.30 bits per heavy atom. The summed E-state index contributed by atoms with van der Waals surface area (Å²) in [5.41, 5.74) is 4.92. The van der Waals surface area contributed by atoms with E-state index in [2.05, 4.69) is 14.7 Å². The van der Waals surface area contributed by atoms with Gasteiger partial charge in [0.2, 0.25) is 12.1 Å². The minimum atomic E-state index is -4.98. The molecular formula is C18H21ClF3N5O6. The second-order valence-corrected chi connectivity index (χ2v) is 7.73. The maximum atomic E-state index is 13.6. The first-order chi connectivity index (χ1) is 15.3. The number of hydrogen-bond acceptors (Lipinski definition) is 9. The standard InChI is InChI=1S/C18H21ClF3N5O6/c1-4-5-26-11-13(19)24-16(23)25-14(11)27(17(26)30)15-10(31-7(2)28)6-9(33-15)12(18(20,21)22)32-8(3)29/h9-10,12,15H,4-6H2,1-3H3,(H2,23,24,25)/t9?,10?,12-,15?/m1/s1. The lowest BCUT2D eigenvalue weighted by Gasteiger charge is -2.25. The molecule has 33 heavy (non-hydrogen) atoms. The molecule has 0 saturated carbocycles. The molecule has 3 rings (SSSR count). The molecular weight excluding hydrogens is 475 g/mol. The first-order valence-corrected chi connectivity index (χ1v) is 10.2. The fourth-order valence-corrected chi connectivity index (χ4v) is 4.02. The summed E-state index contributed by atoms with van der Waals surface area (Å²) in [4.78, 5) is 44.0. The number of imidazole rings is 1. The van der Waals surface area contributed by atoms with Crippen LogP contribution in [0.2, 0.25) is 5.15 Å². The molecule has 2 N–H and O–H groups in total. The van der Waals surface area contributed by atoms with Gasteiger partial charge >= 0.3 is 23.8 Å². The summed E-state index contributed by atoms with van der Waals surface area (Å²) in [6, 6.07) is 0. The zero-order valence-corrected chi connectivity index (χ0v) is 18.5. The smallest absolute Gasteiger partial charge is 0.428 e. The Labute approximate surface area is 189 Å². The number of nitrogens with zero attached hydrogens (tertiary/aromatic N) is 4. The van der Waals surface area contributed by atoms with Gasteiger partial charge in [-0.25, -0.2) is 9.36 Å². The highest BCUT2D eigenvalue weighted by Gasteiger charge is 2.54. The van der Waals surface area contributed by atoms with E-state index >= 15 is 0 Å². The van der Waals surface area contributed by atoms with Gasteiger partial charge in [-0.15, -0.1) is 0 Å². The molecule has 1 aliphatic rings. The van der Waals surface area contributed by atoms with Gasteiger partial charge in [-0.1, -0.05) is 18.5 Å². The molecule has 1 fully saturated rings. The van der Waals surface area contributed by atoms with Gasteiger partial charge in [-0.05, 0) is 6.42 Å². The van der Waals surface area contributed by atoms with E-state index < -0.39 is 54.8 Å². The lowest BCUT2D eigenvalue weighted by Crippen LogP contribution is -2.43. The van der Waals surface area contributed by atoms with E-state index in [0.717, 1.165) is 18.4 Å². The van der Waals surface area contributed by atoms with E-state index in [0.29, 0.717) is 6.42 Å². The lowest BCUT2D eigenvalue weighted by molar-refractivity contribution is -0.248. The van der Waals surface area contributed by atoms with E-state index in [-0.39, 0.29) is 28.8 Å². The van der Waals surface area contributed by atoms with Gasteiger partial charge in [0.25, 0.3) is 0 Å². The number of hydrogen-bond donors (Lipinski definition) is 1. The van der Waals surface area contributed by atoms with Gasteiger partial charge in [-0.3, -0.25) is 14.2 Å². The first kappa shape index (κ1) is 24.8. The van der Waals surface area contributed by atoms with Crippen LogP contribution in [0, 0.1) is 0 Å². The minimum absolute atomic E-state index is 0.0960. The van der Waals surface area contributed by atoms with Crippen LogP contribution in [0.4, 0.5) is 19.1 Å². The molecule has 0 bridgehead atoms. The van der Waals surface area contributed by atoms with Crippen LogP contribution in [0.15, 0.2) is 4.79 Å². The molecule has 1 saturated heterocycles. The van der Waals surface area contributed by atoms with Gasteiger partial charge in [0.1, 0.15) is 17.7 Å². The monoisotopic (exact) mass is 495 g/mol. The number of nitrogen functional groups attached to an aromatic ring is 1. The molecule has 2 aromatic rings. The fraction of sp³-hybridized carbons (Fsp3) is 0.611. The molecule has 0 amide bonds. The summed E-state index contributed by atoms with van der Waals surface area (Å²) in [5, 5.41) is -0.145. The van der Waals surface area contributed by atoms with Crippen molar-refractivity contribution in [1.29, 1.82) is 0 Å². The second-order valence-electron chi connectivity index (χ2n) is 7.37. The van der Waals surface area contributed by atoms with Crippen molar-refractivity contribution in [2.75, 3.05) is 5.73 Å². The van der Waals surface area contributed by atoms with Crippen LogP contribution in [-0.2, 0) is 30.3 Å². The Kier molecular flexibility index (Phi) is 6.88. The maximum absolute atomic E-state index is 13.6. The highest BCUT2D eigenvalue weighted by Crippen LogP contribution is 2.39.